The number of hydrogen-bond acceptors (Lipinski definition) is 2. The minimum atomic E-state index is 0.503. The average Bonchev–Trinajstić information content (AvgIpc) is 2.17. The minimum absolute atomic E-state index is 0.503. The summed E-state index contributed by atoms with van der Waals surface area (Å²) in [6.07, 6.45) is 5.93. The number of nitrogens with zero attached hydrogens (tertiary/aromatic N) is 1. The van der Waals surface area contributed by atoms with Gasteiger partial charge in [-0.15, -0.1) is 0 Å². The lowest BCUT2D eigenvalue weighted by Crippen LogP contribution is -2.33. The zero-order valence-electron chi connectivity index (χ0n) is 9.31. The number of rotatable bonds is 3. The number of hydrogen-bond donors (Lipinski definition) is 1. The van der Waals surface area contributed by atoms with Crippen molar-refractivity contribution in [3.8, 4) is 0 Å². The topological polar surface area (TPSA) is 24.9 Å². The van der Waals surface area contributed by atoms with Gasteiger partial charge in [0.25, 0.3) is 0 Å². The van der Waals surface area contributed by atoms with Crippen molar-refractivity contribution < 1.29 is 0 Å². The van der Waals surface area contributed by atoms with Crippen molar-refractivity contribution in [2.24, 2.45) is 5.41 Å². The third-order valence-electron chi connectivity index (χ3n) is 3.30. The van der Waals surface area contributed by atoms with Crippen molar-refractivity contribution in [3.63, 3.8) is 0 Å². The van der Waals surface area contributed by atoms with Gasteiger partial charge in [0, 0.05) is 17.2 Å². The fourth-order valence-electron chi connectivity index (χ4n) is 1.90. The van der Waals surface area contributed by atoms with E-state index in [9.17, 15) is 0 Å². The minimum Gasteiger partial charge on any atom is -0.370 e. The molecule has 0 radical (unpaired) electrons. The molecule has 15 heavy (non-hydrogen) atoms. The molecule has 0 aliphatic heterocycles. The molecule has 1 aliphatic rings. The Balaban J connectivity index is 1.96. The summed E-state index contributed by atoms with van der Waals surface area (Å²) in [6, 6.07) is 2.09. The van der Waals surface area contributed by atoms with E-state index in [0.29, 0.717) is 5.41 Å². The number of anilines is 1. The van der Waals surface area contributed by atoms with Crippen LogP contribution in [0.4, 0.5) is 5.82 Å². The predicted octanol–water partition coefficient (Wildman–Crippen LogP) is 3.75. The summed E-state index contributed by atoms with van der Waals surface area (Å²) in [5.41, 5.74) is 1.73. The lowest BCUT2D eigenvalue weighted by molar-refractivity contribution is 0.180. The maximum atomic E-state index is 4.34. The van der Waals surface area contributed by atoms with Gasteiger partial charge >= 0.3 is 0 Å². The summed E-state index contributed by atoms with van der Waals surface area (Å²) in [5, 5.41) is 3.42. The zero-order valence-corrected chi connectivity index (χ0v) is 10.9. The van der Waals surface area contributed by atoms with Gasteiger partial charge < -0.3 is 5.32 Å². The van der Waals surface area contributed by atoms with Gasteiger partial charge in [0.1, 0.15) is 5.82 Å². The van der Waals surface area contributed by atoms with Crippen LogP contribution >= 0.6 is 15.9 Å². The Morgan fingerprint density at radius 2 is 2.27 bits per heavy atom. The fraction of sp³-hybridized carbons (Fsp3) is 0.583. The summed E-state index contributed by atoms with van der Waals surface area (Å²) >= 11 is 3.45. The number of nitrogens with one attached hydrogen (secondary N) is 1. The van der Waals surface area contributed by atoms with Gasteiger partial charge in [0.2, 0.25) is 0 Å². The number of pyridine rings is 1. The quantitative estimate of drug-likeness (QED) is 0.903. The molecule has 0 aromatic carbocycles. The number of aryl methyl sites for hydroxylation is 1. The first kappa shape index (κ1) is 10.9. The van der Waals surface area contributed by atoms with Gasteiger partial charge in [0.15, 0.2) is 0 Å². The molecule has 0 unspecified atom stereocenters. The van der Waals surface area contributed by atoms with Crippen LogP contribution in [0.25, 0.3) is 0 Å². The summed E-state index contributed by atoms with van der Waals surface area (Å²) < 4.78 is 1.07. The first-order chi connectivity index (χ1) is 7.09. The van der Waals surface area contributed by atoms with Crippen LogP contribution in [-0.2, 0) is 0 Å². The van der Waals surface area contributed by atoms with Crippen molar-refractivity contribution in [2.45, 2.75) is 33.1 Å². The van der Waals surface area contributed by atoms with E-state index >= 15 is 0 Å². The largest absolute Gasteiger partial charge is 0.370 e. The molecular formula is C12H17BrN2. The second kappa shape index (κ2) is 4.12. The Kier molecular flexibility index (Phi) is 3.01. The maximum absolute atomic E-state index is 4.34. The summed E-state index contributed by atoms with van der Waals surface area (Å²) in [6.45, 7) is 5.47. The van der Waals surface area contributed by atoms with Crippen LogP contribution in [0.2, 0.25) is 0 Å². The molecule has 1 aromatic rings. The zero-order chi connectivity index (χ0) is 10.9. The first-order valence-corrected chi connectivity index (χ1v) is 6.24. The van der Waals surface area contributed by atoms with E-state index in [-0.39, 0.29) is 0 Å². The molecule has 1 aliphatic carbocycles. The second-order valence-corrected chi connectivity index (χ2v) is 5.69. The Morgan fingerprint density at radius 3 is 2.80 bits per heavy atom. The first-order valence-electron chi connectivity index (χ1n) is 5.45. The van der Waals surface area contributed by atoms with Crippen LogP contribution in [0, 0.1) is 12.3 Å². The van der Waals surface area contributed by atoms with Gasteiger partial charge in [-0.2, -0.15) is 0 Å². The molecular weight excluding hydrogens is 252 g/mol. The van der Waals surface area contributed by atoms with Crippen molar-refractivity contribution in [3.05, 3.63) is 22.3 Å². The van der Waals surface area contributed by atoms with E-state index < -0.39 is 0 Å². The number of aromatic nitrogens is 1. The Hall–Kier alpha value is -0.570. The van der Waals surface area contributed by atoms with E-state index in [1.165, 1.54) is 24.8 Å². The monoisotopic (exact) mass is 268 g/mol. The van der Waals surface area contributed by atoms with Crippen LogP contribution < -0.4 is 5.32 Å². The standard InChI is InChI=1S/C12H17BrN2/c1-9-6-11(14-7-10(9)13)15-8-12(2)4-3-5-12/h6-7H,3-5,8H2,1-2H3,(H,14,15). The van der Waals surface area contributed by atoms with Crippen molar-refractivity contribution in [2.75, 3.05) is 11.9 Å². The Morgan fingerprint density at radius 1 is 1.53 bits per heavy atom. The van der Waals surface area contributed by atoms with Crippen molar-refractivity contribution in [1.29, 1.82) is 0 Å². The molecule has 1 heterocycles. The molecule has 1 saturated carbocycles. The van der Waals surface area contributed by atoms with Crippen LogP contribution in [0.3, 0.4) is 0 Å². The predicted molar refractivity (Wildman–Crippen MR) is 67.1 cm³/mol. The van der Waals surface area contributed by atoms with Gasteiger partial charge in [0.05, 0.1) is 0 Å². The van der Waals surface area contributed by atoms with Gasteiger partial charge in [-0.1, -0.05) is 13.3 Å². The van der Waals surface area contributed by atoms with Gasteiger partial charge in [-0.05, 0) is 52.7 Å². The highest BCUT2D eigenvalue weighted by molar-refractivity contribution is 9.10. The third-order valence-corrected chi connectivity index (χ3v) is 4.13. The molecule has 82 valence electrons. The summed E-state index contributed by atoms with van der Waals surface area (Å²) in [4.78, 5) is 4.34. The van der Waals surface area contributed by atoms with Crippen LogP contribution in [-0.4, -0.2) is 11.5 Å². The van der Waals surface area contributed by atoms with Gasteiger partial charge in [-0.25, -0.2) is 4.98 Å². The lowest BCUT2D eigenvalue weighted by Gasteiger charge is -2.38. The molecule has 0 spiro atoms. The van der Waals surface area contributed by atoms with Crippen LogP contribution in [0.5, 0.6) is 0 Å². The molecule has 0 amide bonds. The lowest BCUT2D eigenvalue weighted by atomic mass is 9.70. The smallest absolute Gasteiger partial charge is 0.126 e. The summed E-state index contributed by atoms with van der Waals surface area (Å²) in [5.74, 6) is 0.990. The molecule has 3 heteroatoms. The van der Waals surface area contributed by atoms with Crippen molar-refractivity contribution >= 4 is 21.7 Å². The molecule has 0 saturated heterocycles. The van der Waals surface area contributed by atoms with E-state index in [2.05, 4.69) is 46.1 Å². The second-order valence-electron chi connectivity index (χ2n) is 4.84. The van der Waals surface area contributed by atoms with E-state index in [1.54, 1.807) is 0 Å². The highest BCUT2D eigenvalue weighted by atomic mass is 79.9. The average molecular weight is 269 g/mol. The molecule has 1 aromatic heterocycles. The highest BCUT2D eigenvalue weighted by Crippen LogP contribution is 2.40. The SMILES string of the molecule is Cc1cc(NCC2(C)CCC2)ncc1Br. The molecule has 1 N–H and O–H groups in total. The van der Waals surface area contributed by atoms with E-state index in [0.717, 1.165) is 16.8 Å². The molecule has 0 atom stereocenters. The Bertz CT molecular complexity index is 359. The van der Waals surface area contributed by atoms with E-state index in [4.69, 9.17) is 0 Å². The normalized spacial score (nSPS) is 18.3. The van der Waals surface area contributed by atoms with Crippen LogP contribution in [0.15, 0.2) is 16.7 Å². The maximum Gasteiger partial charge on any atom is 0.126 e. The molecule has 2 nitrogen and oxygen atoms in total. The molecule has 0 bridgehead atoms. The number of halogens is 1. The van der Waals surface area contributed by atoms with Crippen molar-refractivity contribution in [1.82, 2.24) is 4.98 Å². The highest BCUT2D eigenvalue weighted by Gasteiger charge is 2.31. The third kappa shape index (κ3) is 2.51. The van der Waals surface area contributed by atoms with Gasteiger partial charge in [-0.3, -0.25) is 0 Å². The summed E-state index contributed by atoms with van der Waals surface area (Å²) in [7, 11) is 0. The fourth-order valence-corrected chi connectivity index (χ4v) is 2.11. The van der Waals surface area contributed by atoms with Crippen LogP contribution in [0.1, 0.15) is 31.7 Å². The van der Waals surface area contributed by atoms with E-state index in [1.807, 2.05) is 6.20 Å². The molecule has 1 fully saturated rings. The Labute approximate surface area is 99.6 Å². The molecule has 2 rings (SSSR count).